The molecule has 9 heteroatoms. The van der Waals surface area contributed by atoms with Crippen LogP contribution in [0.15, 0.2) is 67.0 Å². The Morgan fingerprint density at radius 1 is 1.09 bits per heavy atom. The number of thiophene rings is 1. The second kappa shape index (κ2) is 10.4. The van der Waals surface area contributed by atoms with E-state index in [1.54, 1.807) is 11.0 Å². The van der Waals surface area contributed by atoms with Gasteiger partial charge in [0.1, 0.15) is 11.3 Å². The summed E-state index contributed by atoms with van der Waals surface area (Å²) in [6, 6.07) is 20.2. The van der Waals surface area contributed by atoms with Crippen LogP contribution in [-0.2, 0) is 17.7 Å². The lowest BCUT2D eigenvalue weighted by molar-refractivity contribution is 0.0602. The fourth-order valence-electron chi connectivity index (χ4n) is 3.23. The molecule has 0 bridgehead atoms. The van der Waals surface area contributed by atoms with Crippen molar-refractivity contribution in [2.45, 2.75) is 19.9 Å². The smallest absolute Gasteiger partial charge is 0.340 e. The first-order valence-corrected chi connectivity index (χ1v) is 11.5. The van der Waals surface area contributed by atoms with Crippen LogP contribution in [0.3, 0.4) is 0 Å². The average molecular weight is 478 g/mol. The summed E-state index contributed by atoms with van der Waals surface area (Å²) < 4.78 is 6.68. The first kappa shape index (κ1) is 22.6. The number of carbonyl (C=O) groups is 1. The lowest BCUT2D eigenvalue weighted by atomic mass is 10.1. The number of benzene rings is 2. The molecule has 0 spiro atoms. The van der Waals surface area contributed by atoms with Crippen molar-refractivity contribution in [2.75, 3.05) is 17.7 Å². The normalized spacial score (nSPS) is 10.6. The Labute approximate surface area is 201 Å². The van der Waals surface area contributed by atoms with Crippen molar-refractivity contribution in [1.29, 1.82) is 0 Å². The monoisotopic (exact) mass is 477 g/mol. The van der Waals surface area contributed by atoms with Gasteiger partial charge in [-0.2, -0.15) is 0 Å². The first-order valence-electron chi connectivity index (χ1n) is 10.3. The third-order valence-corrected chi connectivity index (χ3v) is 6.12. The van der Waals surface area contributed by atoms with Crippen molar-refractivity contribution >= 4 is 45.6 Å². The highest BCUT2D eigenvalue weighted by Crippen LogP contribution is 2.30. The Morgan fingerprint density at radius 2 is 1.85 bits per heavy atom. The van der Waals surface area contributed by atoms with Gasteiger partial charge < -0.3 is 10.1 Å². The van der Waals surface area contributed by atoms with Gasteiger partial charge in [-0.3, -0.25) is 5.32 Å². The lowest BCUT2D eigenvalue weighted by Gasteiger charge is -2.07. The minimum absolute atomic E-state index is 0.293. The maximum atomic E-state index is 12.3. The molecule has 0 saturated carbocycles. The maximum absolute atomic E-state index is 12.3. The zero-order chi connectivity index (χ0) is 23.2. The Balaban J connectivity index is 1.42. The summed E-state index contributed by atoms with van der Waals surface area (Å²) in [5.74, 6) is -0.0448. The number of thiocarbonyl (C=S) groups is 1. The van der Waals surface area contributed by atoms with Crippen LogP contribution in [0.5, 0.6) is 0 Å². The molecule has 0 aliphatic heterocycles. The standard InChI is InChI=1S/C24H23N5O2S2/c1-16-8-10-18(11-9-16)14-29-15-25-23(28-29)27-24(32)26-21-20(22(30)31-2)13-19(33-21)12-17-6-4-3-5-7-17/h3-11,13,15H,12,14H2,1-2H3,(H2,26,27,28,32). The van der Waals surface area contributed by atoms with E-state index in [0.717, 1.165) is 16.0 Å². The summed E-state index contributed by atoms with van der Waals surface area (Å²) in [5.41, 5.74) is 3.94. The molecule has 4 aromatic rings. The van der Waals surface area contributed by atoms with E-state index >= 15 is 0 Å². The van der Waals surface area contributed by atoms with Crippen LogP contribution < -0.4 is 10.6 Å². The van der Waals surface area contributed by atoms with Gasteiger partial charge in [-0.05, 0) is 36.3 Å². The van der Waals surface area contributed by atoms with Gasteiger partial charge in [0.15, 0.2) is 5.11 Å². The number of ether oxygens (including phenoxy) is 1. The Bertz CT molecular complexity index is 1250. The van der Waals surface area contributed by atoms with E-state index in [-0.39, 0.29) is 0 Å². The highest BCUT2D eigenvalue weighted by molar-refractivity contribution is 7.80. The molecule has 0 aliphatic carbocycles. The summed E-state index contributed by atoms with van der Waals surface area (Å²) in [6.45, 7) is 2.66. The zero-order valence-corrected chi connectivity index (χ0v) is 19.9. The second-order valence-electron chi connectivity index (χ2n) is 7.44. The van der Waals surface area contributed by atoms with E-state index in [4.69, 9.17) is 17.0 Å². The Kier molecular flexibility index (Phi) is 7.11. The number of esters is 1. The Morgan fingerprint density at radius 3 is 2.58 bits per heavy atom. The fourth-order valence-corrected chi connectivity index (χ4v) is 4.57. The molecule has 0 fully saturated rings. The third kappa shape index (κ3) is 6.03. The molecule has 4 rings (SSSR count). The molecule has 2 aromatic carbocycles. The average Bonchev–Trinajstić information content (AvgIpc) is 3.42. The number of aromatic nitrogens is 3. The molecule has 0 radical (unpaired) electrons. The van der Waals surface area contributed by atoms with Gasteiger partial charge in [0.05, 0.1) is 19.2 Å². The third-order valence-electron chi connectivity index (χ3n) is 4.86. The molecule has 33 heavy (non-hydrogen) atoms. The largest absolute Gasteiger partial charge is 0.465 e. The number of carbonyl (C=O) groups excluding carboxylic acids is 1. The summed E-state index contributed by atoms with van der Waals surface area (Å²) in [5, 5.41) is 11.4. The van der Waals surface area contributed by atoms with Gasteiger partial charge in [-0.1, -0.05) is 60.2 Å². The van der Waals surface area contributed by atoms with Crippen molar-refractivity contribution in [1.82, 2.24) is 14.8 Å². The molecular weight excluding hydrogens is 454 g/mol. The number of hydrogen-bond donors (Lipinski definition) is 2. The predicted molar refractivity (Wildman–Crippen MR) is 135 cm³/mol. The molecule has 0 unspecified atom stereocenters. The molecule has 7 nitrogen and oxygen atoms in total. The van der Waals surface area contributed by atoms with Gasteiger partial charge in [0.25, 0.3) is 0 Å². The van der Waals surface area contributed by atoms with Gasteiger partial charge in [-0.15, -0.1) is 16.4 Å². The highest BCUT2D eigenvalue weighted by atomic mass is 32.1. The van der Waals surface area contributed by atoms with E-state index in [2.05, 4.69) is 64.0 Å². The van der Waals surface area contributed by atoms with Crippen molar-refractivity contribution in [3.8, 4) is 0 Å². The van der Waals surface area contributed by atoms with Gasteiger partial charge in [0.2, 0.25) is 5.95 Å². The van der Waals surface area contributed by atoms with E-state index in [1.165, 1.54) is 24.0 Å². The molecule has 0 saturated heterocycles. The quantitative estimate of drug-likeness (QED) is 0.290. The number of hydrogen-bond acceptors (Lipinski definition) is 6. The Hall–Kier alpha value is -3.56. The molecule has 0 atom stereocenters. The van der Waals surface area contributed by atoms with Crippen molar-refractivity contribution < 1.29 is 9.53 Å². The highest BCUT2D eigenvalue weighted by Gasteiger charge is 2.18. The summed E-state index contributed by atoms with van der Waals surface area (Å²) >= 11 is 6.90. The van der Waals surface area contributed by atoms with E-state index in [1.807, 2.05) is 24.3 Å². The number of aryl methyl sites for hydroxylation is 1. The van der Waals surface area contributed by atoms with Crippen molar-refractivity contribution in [2.24, 2.45) is 0 Å². The maximum Gasteiger partial charge on any atom is 0.340 e. The second-order valence-corrected chi connectivity index (χ2v) is 8.98. The molecule has 0 amide bonds. The first-order chi connectivity index (χ1) is 16.0. The zero-order valence-electron chi connectivity index (χ0n) is 18.2. The molecule has 2 N–H and O–H groups in total. The summed E-state index contributed by atoms with van der Waals surface area (Å²) in [4.78, 5) is 17.6. The number of nitrogens with one attached hydrogen (secondary N) is 2. The topological polar surface area (TPSA) is 81.1 Å². The number of nitrogens with zero attached hydrogens (tertiary/aromatic N) is 3. The molecule has 2 heterocycles. The predicted octanol–water partition coefficient (Wildman–Crippen LogP) is 4.88. The fraction of sp³-hybridized carbons (Fsp3) is 0.167. The van der Waals surface area contributed by atoms with E-state index in [9.17, 15) is 4.79 Å². The van der Waals surface area contributed by atoms with Crippen LogP contribution in [0.4, 0.5) is 10.9 Å². The van der Waals surface area contributed by atoms with Crippen LogP contribution in [-0.4, -0.2) is 33.0 Å². The SMILES string of the molecule is COC(=O)c1cc(Cc2ccccc2)sc1NC(=S)Nc1ncn(Cc2ccc(C)cc2)n1. The summed E-state index contributed by atoms with van der Waals surface area (Å²) in [6.07, 6.45) is 2.36. The minimum atomic E-state index is -0.420. The molecule has 0 aliphatic rings. The van der Waals surface area contributed by atoms with Crippen LogP contribution in [0.1, 0.15) is 31.9 Å². The van der Waals surface area contributed by atoms with E-state index in [0.29, 0.717) is 34.6 Å². The molecule has 168 valence electrons. The van der Waals surface area contributed by atoms with Crippen LogP contribution in [0.25, 0.3) is 0 Å². The van der Waals surface area contributed by atoms with Crippen molar-refractivity contribution in [3.63, 3.8) is 0 Å². The number of anilines is 2. The van der Waals surface area contributed by atoms with Crippen LogP contribution in [0.2, 0.25) is 0 Å². The molecule has 2 aromatic heterocycles. The minimum Gasteiger partial charge on any atom is -0.465 e. The summed E-state index contributed by atoms with van der Waals surface area (Å²) in [7, 11) is 1.36. The van der Waals surface area contributed by atoms with Gasteiger partial charge in [0, 0.05) is 11.3 Å². The van der Waals surface area contributed by atoms with Crippen molar-refractivity contribution in [3.05, 3.63) is 94.1 Å². The van der Waals surface area contributed by atoms with Gasteiger partial charge in [-0.25, -0.2) is 14.5 Å². The van der Waals surface area contributed by atoms with E-state index < -0.39 is 5.97 Å². The van der Waals surface area contributed by atoms with Crippen LogP contribution in [0, 0.1) is 6.92 Å². The molecular formula is C24H23N5O2S2. The van der Waals surface area contributed by atoms with Gasteiger partial charge >= 0.3 is 5.97 Å². The number of rotatable bonds is 7. The lowest BCUT2D eigenvalue weighted by Crippen LogP contribution is -2.20. The van der Waals surface area contributed by atoms with Crippen LogP contribution >= 0.6 is 23.6 Å². The number of methoxy groups -OCH3 is 1.